The molecule has 1 amide bonds. The number of aryl methyl sites for hydroxylation is 1. The number of rotatable bonds is 7. The molecule has 4 rings (SSSR count). The van der Waals surface area contributed by atoms with Crippen molar-refractivity contribution in [3.05, 3.63) is 64.4 Å². The first-order chi connectivity index (χ1) is 16.3. The van der Waals surface area contributed by atoms with Crippen LogP contribution in [0.4, 0.5) is 8.78 Å². The van der Waals surface area contributed by atoms with Crippen molar-refractivity contribution in [1.29, 1.82) is 0 Å². The first-order valence-corrected chi connectivity index (χ1v) is 11.7. The molecule has 1 fully saturated rings. The third-order valence-electron chi connectivity index (χ3n) is 5.42. The fourth-order valence-electron chi connectivity index (χ4n) is 3.54. The quantitative estimate of drug-likeness (QED) is 0.524. The van der Waals surface area contributed by atoms with E-state index in [2.05, 4.69) is 20.2 Å². The van der Waals surface area contributed by atoms with Crippen LogP contribution in [-0.4, -0.2) is 53.8 Å². The van der Waals surface area contributed by atoms with Gasteiger partial charge in [0.05, 0.1) is 19.2 Å². The maximum Gasteiger partial charge on any atom is 0.280 e. The highest BCUT2D eigenvalue weighted by Gasteiger charge is 2.21. The number of alkyl halides is 2. The lowest BCUT2D eigenvalue weighted by Gasteiger charge is -2.30. The highest BCUT2D eigenvalue weighted by Crippen LogP contribution is 2.30. The minimum absolute atomic E-state index is 0.300. The van der Waals surface area contributed by atoms with Crippen molar-refractivity contribution in [2.24, 2.45) is 0 Å². The van der Waals surface area contributed by atoms with Gasteiger partial charge in [-0.25, -0.2) is 13.8 Å². The molecule has 7 nitrogen and oxygen atoms in total. The van der Waals surface area contributed by atoms with Crippen LogP contribution in [-0.2, 0) is 4.74 Å². The topological polar surface area (TPSA) is 76.6 Å². The van der Waals surface area contributed by atoms with E-state index in [9.17, 15) is 13.6 Å². The van der Waals surface area contributed by atoms with Crippen molar-refractivity contribution in [2.75, 3.05) is 26.7 Å². The van der Waals surface area contributed by atoms with Gasteiger partial charge in [-0.2, -0.15) is 0 Å². The Bertz CT molecular complexity index is 1140. The number of aromatic nitrogens is 2. The minimum Gasteiger partial charge on any atom is -0.464 e. The number of likely N-dealkylation sites (N-methyl/N-ethyl adjacent to an activating group) is 1. The largest absolute Gasteiger partial charge is 0.464 e. The maximum atomic E-state index is 13.1. The summed E-state index contributed by atoms with van der Waals surface area (Å²) in [5.41, 5.74) is 1.49. The molecule has 1 aromatic carbocycles. The van der Waals surface area contributed by atoms with E-state index in [1.165, 1.54) is 23.6 Å². The van der Waals surface area contributed by atoms with Crippen molar-refractivity contribution >= 4 is 17.2 Å². The van der Waals surface area contributed by atoms with Gasteiger partial charge in [0.2, 0.25) is 6.29 Å². The Morgan fingerprint density at radius 3 is 2.74 bits per heavy atom. The number of carbonyl (C=O) groups is 1. The van der Waals surface area contributed by atoms with Gasteiger partial charge in [-0.15, -0.1) is 11.3 Å². The molecule has 34 heavy (non-hydrogen) atoms. The minimum atomic E-state index is -2.64. The highest BCUT2D eigenvalue weighted by atomic mass is 32.1. The molecule has 3 aromatic rings. The molecular formula is C24H26F2N4O3S. The average Bonchev–Trinajstić information content (AvgIpc) is 3.25. The molecule has 0 radical (unpaired) electrons. The number of amides is 1. The number of morpholine rings is 1. The Kier molecular flexibility index (Phi) is 7.50. The van der Waals surface area contributed by atoms with Crippen LogP contribution < -0.4 is 10.1 Å². The van der Waals surface area contributed by atoms with Gasteiger partial charge in [0.1, 0.15) is 16.5 Å². The number of ether oxygens (including phenoxy) is 2. The van der Waals surface area contributed by atoms with Crippen LogP contribution in [0.1, 0.15) is 45.9 Å². The van der Waals surface area contributed by atoms with Crippen LogP contribution in [0.2, 0.25) is 0 Å². The first kappa shape index (κ1) is 24.2. The first-order valence-electron chi connectivity index (χ1n) is 10.9. The zero-order chi connectivity index (χ0) is 24.2. The summed E-state index contributed by atoms with van der Waals surface area (Å²) in [5, 5.41) is 3.68. The number of halogens is 2. The normalized spacial score (nSPS) is 17.5. The number of carbonyl (C=O) groups excluding carboxylic acids is 1. The van der Waals surface area contributed by atoms with Crippen LogP contribution in [0.3, 0.4) is 0 Å². The van der Waals surface area contributed by atoms with E-state index < -0.39 is 18.8 Å². The third-order valence-corrected chi connectivity index (χ3v) is 6.38. The van der Waals surface area contributed by atoms with E-state index in [4.69, 9.17) is 9.47 Å². The zero-order valence-corrected chi connectivity index (χ0v) is 19.9. The van der Waals surface area contributed by atoms with Gasteiger partial charge in [-0.05, 0) is 50.7 Å². The molecule has 1 aliphatic heterocycles. The zero-order valence-electron chi connectivity index (χ0n) is 19.1. The van der Waals surface area contributed by atoms with Crippen molar-refractivity contribution in [1.82, 2.24) is 20.2 Å². The molecule has 1 N–H and O–H groups in total. The van der Waals surface area contributed by atoms with Gasteiger partial charge < -0.3 is 14.8 Å². The van der Waals surface area contributed by atoms with Crippen molar-refractivity contribution < 1.29 is 23.0 Å². The number of thiazole rings is 1. The Hall–Kier alpha value is -2.95. The highest BCUT2D eigenvalue weighted by molar-refractivity contribution is 7.14. The molecule has 2 aromatic heterocycles. The van der Waals surface area contributed by atoms with Gasteiger partial charge in [-0.1, -0.05) is 6.07 Å². The average molecular weight is 489 g/mol. The summed E-state index contributed by atoms with van der Waals surface area (Å²) in [7, 11) is 2.00. The van der Waals surface area contributed by atoms with E-state index >= 15 is 0 Å². The number of hydrogen-bond donors (Lipinski definition) is 1. The molecule has 0 spiro atoms. The lowest BCUT2D eigenvalue weighted by Crippen LogP contribution is -2.42. The second-order valence-electron chi connectivity index (χ2n) is 8.21. The van der Waals surface area contributed by atoms with Crippen LogP contribution in [0, 0.1) is 6.92 Å². The molecule has 0 saturated carbocycles. The summed E-state index contributed by atoms with van der Waals surface area (Å²) in [6.07, 6.45) is 0.0564. The number of nitrogens with zero attached hydrogens (tertiary/aromatic N) is 3. The summed E-state index contributed by atoms with van der Waals surface area (Å²) in [6.45, 7) is 5.75. The summed E-state index contributed by atoms with van der Waals surface area (Å²) in [6, 6.07) is 7.66. The molecule has 3 heterocycles. The Labute approximate surface area is 200 Å². The summed E-state index contributed by atoms with van der Waals surface area (Å²) < 4.78 is 37.3. The molecular weight excluding hydrogens is 462 g/mol. The second kappa shape index (κ2) is 10.5. The van der Waals surface area contributed by atoms with Crippen molar-refractivity contribution in [3.63, 3.8) is 0 Å². The third kappa shape index (κ3) is 5.94. The summed E-state index contributed by atoms with van der Waals surface area (Å²) in [5.74, 6) is 0.179. The Morgan fingerprint density at radius 2 is 2.09 bits per heavy atom. The van der Waals surface area contributed by atoms with E-state index in [-0.39, 0.29) is 11.6 Å². The van der Waals surface area contributed by atoms with E-state index in [1.54, 1.807) is 31.3 Å². The molecule has 1 saturated heterocycles. The fraction of sp³-hybridized carbons (Fsp3) is 0.375. The number of hydrogen-bond acceptors (Lipinski definition) is 7. The molecule has 180 valence electrons. The number of pyridine rings is 1. The van der Waals surface area contributed by atoms with E-state index in [1.807, 2.05) is 20.0 Å². The van der Waals surface area contributed by atoms with Crippen molar-refractivity contribution in [3.8, 4) is 16.3 Å². The van der Waals surface area contributed by atoms with Crippen LogP contribution >= 0.6 is 11.3 Å². The van der Waals surface area contributed by atoms with E-state index in [0.29, 0.717) is 30.0 Å². The van der Waals surface area contributed by atoms with Crippen molar-refractivity contribution in [2.45, 2.75) is 32.6 Å². The standard InChI is InChI=1S/C24H26F2N4O3S/c1-14-11-28-24(34-14)18-8-17(9-19(10-18)33-21-13-30(3)6-7-32-21)23(31)29-15(2)16-4-5-20(22(25)26)27-12-16/h4-5,8-12,15,21-22H,6-7,13H2,1-3H3,(H,29,31)/t15-,21-/m1/s1. The van der Waals surface area contributed by atoms with Crippen LogP contribution in [0.25, 0.3) is 10.6 Å². The smallest absolute Gasteiger partial charge is 0.280 e. The van der Waals surface area contributed by atoms with Gasteiger partial charge in [0, 0.05) is 34.9 Å². The monoisotopic (exact) mass is 488 g/mol. The van der Waals surface area contributed by atoms with Crippen LogP contribution in [0.5, 0.6) is 5.75 Å². The summed E-state index contributed by atoms with van der Waals surface area (Å²) in [4.78, 5) is 24.5. The number of nitrogens with one attached hydrogen (secondary N) is 1. The molecule has 0 aliphatic carbocycles. The molecule has 0 bridgehead atoms. The van der Waals surface area contributed by atoms with Crippen LogP contribution in [0.15, 0.2) is 42.7 Å². The molecule has 2 atom stereocenters. The molecule has 0 unspecified atom stereocenters. The summed E-state index contributed by atoms with van der Waals surface area (Å²) >= 11 is 1.52. The SMILES string of the molecule is Cc1cnc(-c2cc(O[C@@H]3CN(C)CCO3)cc(C(=O)N[C@H](C)c3ccc(C(F)F)nc3)c2)s1. The number of benzene rings is 1. The molecule has 1 aliphatic rings. The Morgan fingerprint density at radius 1 is 1.26 bits per heavy atom. The van der Waals surface area contributed by atoms with Gasteiger partial charge in [0.25, 0.3) is 12.3 Å². The maximum absolute atomic E-state index is 13.1. The lowest BCUT2D eigenvalue weighted by molar-refractivity contribution is -0.125. The predicted molar refractivity (Wildman–Crippen MR) is 125 cm³/mol. The van der Waals surface area contributed by atoms with Gasteiger partial charge >= 0.3 is 0 Å². The lowest BCUT2D eigenvalue weighted by atomic mass is 10.1. The van der Waals surface area contributed by atoms with Gasteiger partial charge in [-0.3, -0.25) is 14.7 Å². The second-order valence-corrected chi connectivity index (χ2v) is 9.45. The van der Waals surface area contributed by atoms with E-state index in [0.717, 1.165) is 22.0 Å². The predicted octanol–water partition coefficient (Wildman–Crippen LogP) is 4.61. The Balaban J connectivity index is 1.56. The fourth-order valence-corrected chi connectivity index (χ4v) is 4.29. The molecule has 10 heteroatoms. The van der Waals surface area contributed by atoms with Gasteiger partial charge in [0.15, 0.2) is 0 Å².